The lowest BCUT2D eigenvalue weighted by Crippen LogP contribution is -2.44. The van der Waals surface area contributed by atoms with Gasteiger partial charge < -0.3 is 45.1 Å². The average molecular weight is 818 g/mol. The minimum Gasteiger partial charge on any atom is -0.444 e. The van der Waals surface area contributed by atoms with E-state index in [-0.39, 0.29) is 19.0 Å². The first-order valence-electron chi connectivity index (χ1n) is 19.9. The Morgan fingerprint density at radius 3 is 1.40 bits per heavy atom. The Morgan fingerprint density at radius 2 is 0.912 bits per heavy atom. The van der Waals surface area contributed by atoms with Crippen molar-refractivity contribution in [1.82, 2.24) is 31.5 Å². The van der Waals surface area contributed by atoms with Crippen LogP contribution in [0.4, 0.5) is 23.6 Å². The van der Waals surface area contributed by atoms with Crippen LogP contribution in [0.2, 0.25) is 0 Å². The summed E-state index contributed by atoms with van der Waals surface area (Å²) in [6.07, 6.45) is 1.02. The first kappa shape index (κ1) is 52.6. The number of nitrogens with one attached hydrogen (secondary N) is 5. The van der Waals surface area contributed by atoms with Crippen LogP contribution in [0, 0.1) is 0 Å². The van der Waals surface area contributed by atoms with Crippen LogP contribution in [0.5, 0.6) is 0 Å². The van der Waals surface area contributed by atoms with Crippen LogP contribution in [0.1, 0.15) is 141 Å². The molecule has 0 aliphatic rings. The molecule has 0 saturated heterocycles. The number of aliphatic imine (C=N–C) groups is 1. The summed E-state index contributed by atoms with van der Waals surface area (Å²) in [6, 6.07) is 0. The average Bonchev–Trinajstić information content (AvgIpc) is 3.02. The lowest BCUT2D eigenvalue weighted by atomic mass is 10.1. The van der Waals surface area contributed by atoms with Crippen LogP contribution in [0.25, 0.3) is 0 Å². The van der Waals surface area contributed by atoms with Crippen molar-refractivity contribution in [2.45, 2.75) is 169 Å². The highest BCUT2D eigenvalue weighted by atomic mass is 19.1. The summed E-state index contributed by atoms with van der Waals surface area (Å²) in [5.41, 5.74) is -2.82. The number of hydrogen-bond donors (Lipinski definition) is 5. The Labute approximate surface area is 339 Å². The zero-order valence-electron chi connectivity index (χ0n) is 36.5. The van der Waals surface area contributed by atoms with Crippen molar-refractivity contribution >= 4 is 42.1 Å². The summed E-state index contributed by atoms with van der Waals surface area (Å²) in [5, 5.41) is 12.9. The van der Waals surface area contributed by atoms with E-state index in [1.54, 1.807) is 83.1 Å². The minimum atomic E-state index is -2.35. The number of halogens is 1. The van der Waals surface area contributed by atoms with Gasteiger partial charge in [0.05, 0.1) is 0 Å². The van der Waals surface area contributed by atoms with Crippen LogP contribution in [0.3, 0.4) is 0 Å². The third kappa shape index (κ3) is 31.4. The summed E-state index contributed by atoms with van der Waals surface area (Å²) >= 11 is 0. The normalized spacial score (nSPS) is 12.8. The van der Waals surface area contributed by atoms with Gasteiger partial charge in [0, 0.05) is 39.3 Å². The molecule has 0 spiro atoms. The number of amides is 6. The third-order valence-electron chi connectivity index (χ3n) is 6.95. The number of alkyl carbamates (subject to hydrolysis) is 2. The lowest BCUT2D eigenvalue weighted by Gasteiger charge is -2.27. The van der Waals surface area contributed by atoms with E-state index < -0.39 is 64.8 Å². The highest BCUT2D eigenvalue weighted by Crippen LogP contribution is 2.12. The van der Waals surface area contributed by atoms with E-state index in [0.29, 0.717) is 51.9 Å². The van der Waals surface area contributed by atoms with Crippen LogP contribution in [-0.2, 0) is 28.5 Å². The Hall–Kier alpha value is -4.38. The predicted octanol–water partition coefficient (Wildman–Crippen LogP) is 6.24. The van der Waals surface area contributed by atoms with Gasteiger partial charge in [-0.05, 0) is 115 Å². The molecular formula is C39H72FN7O10. The monoisotopic (exact) mass is 818 g/mol. The Balaban J connectivity index is 4.45. The molecule has 0 bridgehead atoms. The van der Waals surface area contributed by atoms with E-state index in [1.807, 2.05) is 0 Å². The number of hydrogen-bond acceptors (Lipinski definition) is 10. The van der Waals surface area contributed by atoms with Gasteiger partial charge in [-0.3, -0.25) is 14.9 Å². The van der Waals surface area contributed by atoms with Gasteiger partial charge in [0.15, 0.2) is 0 Å². The van der Waals surface area contributed by atoms with Crippen LogP contribution in [-0.4, -0.2) is 115 Å². The zero-order valence-corrected chi connectivity index (χ0v) is 36.5. The fourth-order valence-electron chi connectivity index (χ4n) is 4.60. The second-order valence-corrected chi connectivity index (χ2v) is 17.5. The summed E-state index contributed by atoms with van der Waals surface area (Å²) in [4.78, 5) is 78.8. The SMILES string of the molecule is CC(C)(C)OC(=O)/N=C(/NCCCCCCCCNC(=O)C(F)C(=O)NCCCCN(CCCNC(=O)OC(C)(C)C)C(=O)OC(C)(C)C)NC(=O)OC(C)(C)C. The molecule has 1 unspecified atom stereocenters. The quantitative estimate of drug-likeness (QED) is 0.0305. The highest BCUT2D eigenvalue weighted by Gasteiger charge is 2.26. The Morgan fingerprint density at radius 1 is 0.509 bits per heavy atom. The number of ether oxygens (including phenoxy) is 4. The lowest BCUT2D eigenvalue weighted by molar-refractivity contribution is -0.136. The van der Waals surface area contributed by atoms with E-state index >= 15 is 0 Å². The topological polar surface area (TPSA) is 215 Å². The van der Waals surface area contributed by atoms with Crippen LogP contribution < -0.4 is 26.6 Å². The van der Waals surface area contributed by atoms with Gasteiger partial charge in [0.1, 0.15) is 22.4 Å². The molecule has 0 rings (SSSR count). The molecule has 0 aliphatic heterocycles. The molecule has 0 saturated carbocycles. The van der Waals surface area contributed by atoms with Crippen molar-refractivity contribution in [2.75, 3.05) is 39.3 Å². The molecule has 0 aromatic rings. The van der Waals surface area contributed by atoms with Gasteiger partial charge in [0.25, 0.3) is 18.0 Å². The molecule has 0 heterocycles. The molecule has 6 amide bonds. The first-order chi connectivity index (χ1) is 26.2. The van der Waals surface area contributed by atoms with Gasteiger partial charge >= 0.3 is 24.4 Å². The van der Waals surface area contributed by atoms with Gasteiger partial charge in [-0.1, -0.05) is 25.7 Å². The van der Waals surface area contributed by atoms with Crippen molar-refractivity contribution in [1.29, 1.82) is 0 Å². The van der Waals surface area contributed by atoms with Crippen molar-refractivity contribution in [3.8, 4) is 0 Å². The second-order valence-electron chi connectivity index (χ2n) is 17.5. The van der Waals surface area contributed by atoms with Crippen LogP contribution >= 0.6 is 0 Å². The number of rotatable bonds is 20. The molecule has 0 aromatic carbocycles. The molecule has 57 heavy (non-hydrogen) atoms. The van der Waals surface area contributed by atoms with E-state index in [2.05, 4.69) is 31.6 Å². The molecule has 330 valence electrons. The largest absolute Gasteiger partial charge is 0.444 e. The second kappa shape index (κ2) is 25.8. The van der Waals surface area contributed by atoms with Crippen molar-refractivity contribution in [3.63, 3.8) is 0 Å². The Bertz CT molecular complexity index is 1300. The van der Waals surface area contributed by atoms with Crippen molar-refractivity contribution in [3.05, 3.63) is 0 Å². The molecule has 5 N–H and O–H groups in total. The standard InChI is InChI=1S/C39H72FN7O10/c1-36(2,3)54-32(50)44-25-21-27-47(35(53)57-39(10,11)12)26-20-19-23-42-30(49)28(40)29(48)41-22-17-15-13-14-16-18-24-43-31(45-33(51)55-37(4,5)6)46-34(52)56-38(7,8)9/h28H,13-27H2,1-12H3,(H,41,48)(H,42,49)(H,44,50)(H2,43,45,46,51,52). The summed E-state index contributed by atoms with van der Waals surface area (Å²) in [6.45, 7) is 22.5. The van der Waals surface area contributed by atoms with Gasteiger partial charge in [0.2, 0.25) is 5.96 Å². The van der Waals surface area contributed by atoms with Crippen molar-refractivity contribution < 1.29 is 52.1 Å². The maximum absolute atomic E-state index is 14.5. The fraction of sp³-hybridized carbons (Fsp3) is 0.821. The molecule has 17 nitrogen and oxygen atoms in total. The fourth-order valence-corrected chi connectivity index (χ4v) is 4.60. The number of alkyl halides is 1. The highest BCUT2D eigenvalue weighted by molar-refractivity contribution is 6.03. The molecular weight excluding hydrogens is 745 g/mol. The maximum atomic E-state index is 14.5. The molecule has 1 atom stereocenters. The summed E-state index contributed by atoms with van der Waals surface area (Å²) in [5.74, 6) is -2.10. The van der Waals surface area contributed by atoms with Gasteiger partial charge in [-0.15, -0.1) is 4.99 Å². The van der Waals surface area contributed by atoms with Crippen LogP contribution in [0.15, 0.2) is 4.99 Å². The number of carbonyl (C=O) groups is 6. The zero-order chi connectivity index (χ0) is 43.9. The predicted molar refractivity (Wildman–Crippen MR) is 216 cm³/mol. The molecule has 0 aliphatic carbocycles. The van der Waals surface area contributed by atoms with E-state index in [4.69, 9.17) is 18.9 Å². The molecule has 0 fully saturated rings. The third-order valence-corrected chi connectivity index (χ3v) is 6.95. The summed E-state index contributed by atoms with van der Waals surface area (Å²) < 4.78 is 35.7. The first-order valence-corrected chi connectivity index (χ1v) is 19.9. The smallest absolute Gasteiger partial charge is 0.437 e. The number of carbonyl (C=O) groups excluding carboxylic acids is 6. The molecule has 0 aromatic heterocycles. The number of unbranched alkanes of at least 4 members (excludes halogenated alkanes) is 6. The van der Waals surface area contributed by atoms with E-state index in [1.165, 1.54) is 4.90 Å². The maximum Gasteiger partial charge on any atom is 0.437 e. The van der Waals surface area contributed by atoms with E-state index in [9.17, 15) is 33.2 Å². The number of nitrogens with zero attached hydrogens (tertiary/aromatic N) is 2. The molecule has 0 radical (unpaired) electrons. The van der Waals surface area contributed by atoms with Crippen molar-refractivity contribution in [2.24, 2.45) is 4.99 Å². The van der Waals surface area contributed by atoms with Gasteiger partial charge in [-0.2, -0.15) is 0 Å². The summed E-state index contributed by atoms with van der Waals surface area (Å²) in [7, 11) is 0. The van der Waals surface area contributed by atoms with Gasteiger partial charge in [-0.25, -0.2) is 23.6 Å². The number of guanidine groups is 1. The van der Waals surface area contributed by atoms with E-state index in [0.717, 1.165) is 32.1 Å². The minimum absolute atomic E-state index is 0.0737. The molecule has 18 heteroatoms. The Kier molecular flexibility index (Phi) is 23.8.